The minimum Gasteiger partial charge on any atom is -0.380 e. The number of nitro groups is 1. The van der Waals surface area contributed by atoms with E-state index in [-0.39, 0.29) is 15.4 Å². The van der Waals surface area contributed by atoms with Crippen LogP contribution < -0.4 is 4.80 Å². The Morgan fingerprint density at radius 2 is 1.96 bits per heavy atom. The Balaban J connectivity index is 2.16. The predicted molar refractivity (Wildman–Crippen MR) is 107 cm³/mol. The molecule has 148 valence electrons. The minimum absolute atomic E-state index is 0.0108. The molecule has 0 bridgehead atoms. The molecule has 0 aliphatic rings. The molecule has 3 aromatic rings. The van der Waals surface area contributed by atoms with Gasteiger partial charge in [0.05, 0.1) is 26.6 Å². The third-order valence-corrected chi connectivity index (χ3v) is 6.54. The van der Waals surface area contributed by atoms with Crippen molar-refractivity contribution in [3.8, 4) is 0 Å². The van der Waals surface area contributed by atoms with Crippen LogP contribution in [-0.4, -0.2) is 31.1 Å². The first-order valence-electron chi connectivity index (χ1n) is 8.24. The van der Waals surface area contributed by atoms with Crippen molar-refractivity contribution < 1.29 is 18.1 Å². The van der Waals surface area contributed by atoms with Crippen molar-refractivity contribution in [2.45, 2.75) is 18.4 Å². The molecule has 0 saturated heterocycles. The highest BCUT2D eigenvalue weighted by Crippen LogP contribution is 2.24. The summed E-state index contributed by atoms with van der Waals surface area (Å²) in [7, 11) is -3.98. The van der Waals surface area contributed by atoms with Crippen LogP contribution in [0.3, 0.4) is 0 Å². The second-order valence-electron chi connectivity index (χ2n) is 5.66. The molecule has 0 unspecified atom stereocenters. The van der Waals surface area contributed by atoms with Crippen LogP contribution in [0, 0.1) is 10.1 Å². The summed E-state index contributed by atoms with van der Waals surface area (Å²) in [5.41, 5.74) is 0.582. The van der Waals surface area contributed by atoms with Crippen LogP contribution in [0.25, 0.3) is 10.2 Å². The number of rotatable bonds is 7. The first-order valence-corrected chi connectivity index (χ1v) is 10.9. The highest BCUT2D eigenvalue weighted by Gasteiger charge is 2.16. The lowest BCUT2D eigenvalue weighted by atomic mass is 10.3. The standard InChI is InChI=1S/C17H16ClN3O5S2/c1-2-26-10-9-20-15-8-5-13(21(22)23)11-16(15)27-17(20)19-28(24,25)14-6-3-12(18)4-7-14/h3-8,11H,2,9-10H2,1H3. The molecule has 8 nitrogen and oxygen atoms in total. The van der Waals surface area contributed by atoms with Gasteiger partial charge in [-0.25, -0.2) is 0 Å². The quantitative estimate of drug-likeness (QED) is 0.316. The first-order chi connectivity index (χ1) is 13.3. The molecule has 0 aliphatic heterocycles. The third kappa shape index (κ3) is 4.41. The van der Waals surface area contributed by atoms with Gasteiger partial charge in [0.1, 0.15) is 0 Å². The van der Waals surface area contributed by atoms with Crippen molar-refractivity contribution in [1.82, 2.24) is 4.57 Å². The summed E-state index contributed by atoms with van der Waals surface area (Å²) < 4.78 is 37.0. The van der Waals surface area contributed by atoms with Gasteiger partial charge in [0, 0.05) is 30.3 Å². The van der Waals surface area contributed by atoms with E-state index in [1.807, 2.05) is 6.92 Å². The van der Waals surface area contributed by atoms with Crippen molar-refractivity contribution in [2.24, 2.45) is 4.40 Å². The predicted octanol–water partition coefficient (Wildman–Crippen LogP) is 3.59. The van der Waals surface area contributed by atoms with Gasteiger partial charge >= 0.3 is 0 Å². The van der Waals surface area contributed by atoms with Crippen molar-refractivity contribution in [3.63, 3.8) is 0 Å². The number of fused-ring (bicyclic) bond motifs is 1. The number of non-ortho nitro benzene ring substituents is 1. The number of nitro benzene ring substituents is 1. The zero-order valence-corrected chi connectivity index (χ0v) is 17.1. The second-order valence-corrected chi connectivity index (χ2v) is 8.71. The fraction of sp³-hybridized carbons (Fsp3) is 0.235. The van der Waals surface area contributed by atoms with Crippen LogP contribution in [0.1, 0.15) is 6.92 Å². The van der Waals surface area contributed by atoms with E-state index in [1.165, 1.54) is 36.4 Å². The third-order valence-electron chi connectivity index (χ3n) is 3.85. The Labute approximate surface area is 169 Å². The average molecular weight is 442 g/mol. The number of hydrogen-bond donors (Lipinski definition) is 0. The lowest BCUT2D eigenvalue weighted by Gasteiger charge is -2.05. The molecule has 3 rings (SSSR count). The molecule has 0 N–H and O–H groups in total. The van der Waals surface area contributed by atoms with E-state index in [0.717, 1.165) is 11.3 Å². The summed E-state index contributed by atoms with van der Waals surface area (Å²) in [6.07, 6.45) is 0. The van der Waals surface area contributed by atoms with E-state index in [4.69, 9.17) is 16.3 Å². The van der Waals surface area contributed by atoms with E-state index < -0.39 is 14.9 Å². The van der Waals surface area contributed by atoms with Crippen molar-refractivity contribution >= 4 is 48.9 Å². The topological polar surface area (TPSA) is 104 Å². The maximum absolute atomic E-state index is 12.7. The monoisotopic (exact) mass is 441 g/mol. The van der Waals surface area contributed by atoms with Crippen molar-refractivity contribution in [1.29, 1.82) is 0 Å². The largest absolute Gasteiger partial charge is 0.380 e. The minimum atomic E-state index is -3.98. The summed E-state index contributed by atoms with van der Waals surface area (Å²) in [4.78, 5) is 10.8. The van der Waals surface area contributed by atoms with Gasteiger partial charge in [-0.15, -0.1) is 4.40 Å². The van der Waals surface area contributed by atoms with Crippen LogP contribution in [-0.2, 0) is 21.3 Å². The Morgan fingerprint density at radius 1 is 1.25 bits per heavy atom. The van der Waals surface area contributed by atoms with Gasteiger partial charge in [0.25, 0.3) is 15.7 Å². The first kappa shape index (κ1) is 20.5. The number of benzene rings is 2. The van der Waals surface area contributed by atoms with E-state index in [0.29, 0.717) is 35.0 Å². The molecule has 0 radical (unpaired) electrons. The van der Waals surface area contributed by atoms with Crippen LogP contribution in [0.4, 0.5) is 5.69 Å². The summed E-state index contributed by atoms with van der Waals surface area (Å²) >= 11 is 6.88. The number of sulfonamides is 1. The Bertz CT molecular complexity index is 1180. The molecule has 11 heteroatoms. The highest BCUT2D eigenvalue weighted by atomic mass is 35.5. The van der Waals surface area contributed by atoms with Gasteiger partial charge in [0.2, 0.25) is 4.80 Å². The number of nitrogens with zero attached hydrogens (tertiary/aromatic N) is 3. The lowest BCUT2D eigenvalue weighted by molar-refractivity contribution is -0.384. The molecule has 2 aromatic carbocycles. The van der Waals surface area contributed by atoms with Crippen LogP contribution >= 0.6 is 22.9 Å². The molecule has 1 heterocycles. The van der Waals surface area contributed by atoms with Crippen molar-refractivity contribution in [3.05, 3.63) is 62.4 Å². The van der Waals surface area contributed by atoms with Gasteiger partial charge in [-0.3, -0.25) is 10.1 Å². The molecular formula is C17H16ClN3O5S2. The molecule has 0 atom stereocenters. The maximum Gasteiger partial charge on any atom is 0.285 e. The average Bonchev–Trinajstić information content (AvgIpc) is 2.98. The second kappa shape index (κ2) is 8.39. The number of aromatic nitrogens is 1. The van der Waals surface area contributed by atoms with Crippen LogP contribution in [0.15, 0.2) is 51.8 Å². The smallest absolute Gasteiger partial charge is 0.285 e. The number of thiazole rings is 1. The molecule has 1 aromatic heterocycles. The van der Waals surface area contributed by atoms with Gasteiger partial charge in [-0.2, -0.15) is 8.42 Å². The molecule has 28 heavy (non-hydrogen) atoms. The zero-order chi connectivity index (χ0) is 20.3. The summed E-state index contributed by atoms with van der Waals surface area (Å²) in [6, 6.07) is 10.1. The van der Waals surface area contributed by atoms with Gasteiger partial charge < -0.3 is 9.30 Å². The van der Waals surface area contributed by atoms with E-state index in [1.54, 1.807) is 10.6 Å². The maximum atomic E-state index is 12.7. The van der Waals surface area contributed by atoms with Crippen LogP contribution in [0.2, 0.25) is 5.02 Å². The van der Waals surface area contributed by atoms with E-state index >= 15 is 0 Å². The molecule has 0 aliphatic carbocycles. The molecule has 0 saturated carbocycles. The highest BCUT2D eigenvalue weighted by molar-refractivity contribution is 7.90. The Morgan fingerprint density at radius 3 is 2.61 bits per heavy atom. The number of ether oxygens (including phenoxy) is 1. The molecule has 0 amide bonds. The summed E-state index contributed by atoms with van der Waals surface area (Å²) in [5.74, 6) is 0. The van der Waals surface area contributed by atoms with Gasteiger partial charge in [-0.05, 0) is 37.3 Å². The number of halogens is 1. The van der Waals surface area contributed by atoms with E-state index in [9.17, 15) is 18.5 Å². The number of hydrogen-bond acceptors (Lipinski definition) is 6. The van der Waals surface area contributed by atoms with Crippen LogP contribution in [0.5, 0.6) is 0 Å². The normalized spacial score (nSPS) is 12.6. The molecular weight excluding hydrogens is 426 g/mol. The molecule has 0 spiro atoms. The Kier molecular flexibility index (Phi) is 6.14. The van der Waals surface area contributed by atoms with Gasteiger partial charge in [-0.1, -0.05) is 22.9 Å². The molecule has 0 fully saturated rings. The zero-order valence-electron chi connectivity index (χ0n) is 14.7. The van der Waals surface area contributed by atoms with Gasteiger partial charge in [0.15, 0.2) is 0 Å². The summed E-state index contributed by atoms with van der Waals surface area (Å²) in [6.45, 7) is 3.09. The lowest BCUT2D eigenvalue weighted by Crippen LogP contribution is -2.19. The van der Waals surface area contributed by atoms with E-state index in [2.05, 4.69) is 4.40 Å². The fourth-order valence-corrected chi connectivity index (χ4v) is 4.94. The summed E-state index contributed by atoms with van der Waals surface area (Å²) in [5, 5.41) is 11.5. The Hall–Kier alpha value is -2.27. The SMILES string of the molecule is CCOCCn1c(=NS(=O)(=O)c2ccc(Cl)cc2)sc2cc([N+](=O)[O-])ccc21. The van der Waals surface area contributed by atoms with Crippen molar-refractivity contribution in [2.75, 3.05) is 13.2 Å². The fourth-order valence-electron chi connectivity index (χ4n) is 2.52.